The number of nitrogens with zero attached hydrogens (tertiary/aromatic N) is 2. The fraction of sp³-hybridized carbons (Fsp3) is 0.138. The third-order valence-electron chi connectivity index (χ3n) is 6.11. The lowest BCUT2D eigenvalue weighted by molar-refractivity contribution is -0.132. The van der Waals surface area contributed by atoms with E-state index in [0.29, 0.717) is 35.0 Å². The van der Waals surface area contributed by atoms with E-state index >= 15 is 0 Å². The molecule has 1 fully saturated rings. The number of carbonyl (C=O) groups is 2. The first kappa shape index (κ1) is 23.9. The van der Waals surface area contributed by atoms with E-state index in [4.69, 9.17) is 14.0 Å². The van der Waals surface area contributed by atoms with Crippen molar-refractivity contribution in [3.63, 3.8) is 0 Å². The largest absolute Gasteiger partial charge is 0.507 e. The van der Waals surface area contributed by atoms with Gasteiger partial charge in [-0.1, -0.05) is 47.6 Å². The van der Waals surface area contributed by atoms with Crippen LogP contribution in [0.2, 0.25) is 0 Å². The Morgan fingerprint density at radius 3 is 2.27 bits per heavy atom. The number of benzene rings is 3. The van der Waals surface area contributed by atoms with E-state index in [9.17, 15) is 14.7 Å². The summed E-state index contributed by atoms with van der Waals surface area (Å²) >= 11 is 0. The molecule has 0 unspecified atom stereocenters. The van der Waals surface area contributed by atoms with Crippen LogP contribution in [0.1, 0.15) is 28.5 Å². The van der Waals surface area contributed by atoms with E-state index in [2.05, 4.69) is 5.16 Å². The van der Waals surface area contributed by atoms with Crippen molar-refractivity contribution in [3.05, 3.63) is 113 Å². The van der Waals surface area contributed by atoms with Crippen molar-refractivity contribution in [1.29, 1.82) is 0 Å². The highest BCUT2D eigenvalue weighted by atomic mass is 16.5. The zero-order valence-corrected chi connectivity index (χ0v) is 20.3. The fourth-order valence-corrected chi connectivity index (χ4v) is 4.24. The number of carbonyl (C=O) groups excluding carboxylic acids is 2. The average molecular weight is 497 g/mol. The second-order valence-electron chi connectivity index (χ2n) is 8.54. The Hall–Kier alpha value is -4.85. The predicted molar refractivity (Wildman–Crippen MR) is 136 cm³/mol. The van der Waals surface area contributed by atoms with Crippen LogP contribution in [0, 0.1) is 6.92 Å². The molecule has 1 aromatic heterocycles. The Morgan fingerprint density at radius 1 is 0.973 bits per heavy atom. The van der Waals surface area contributed by atoms with Gasteiger partial charge in [0.2, 0.25) is 0 Å². The molecule has 0 bridgehead atoms. The van der Waals surface area contributed by atoms with Gasteiger partial charge in [0.1, 0.15) is 29.6 Å². The molecule has 0 saturated carbocycles. The van der Waals surface area contributed by atoms with Crippen LogP contribution in [0.25, 0.3) is 5.76 Å². The molecule has 1 amide bonds. The molecule has 8 nitrogen and oxygen atoms in total. The zero-order valence-electron chi connectivity index (χ0n) is 20.3. The number of aliphatic hydroxyl groups excluding tert-OH is 1. The van der Waals surface area contributed by atoms with E-state index in [0.717, 1.165) is 5.56 Å². The minimum atomic E-state index is -0.922. The van der Waals surface area contributed by atoms with E-state index in [-0.39, 0.29) is 17.2 Å². The van der Waals surface area contributed by atoms with Crippen LogP contribution in [0.5, 0.6) is 11.5 Å². The average Bonchev–Trinajstić information content (AvgIpc) is 3.48. The highest BCUT2D eigenvalue weighted by Crippen LogP contribution is 2.42. The molecule has 1 saturated heterocycles. The van der Waals surface area contributed by atoms with Crippen molar-refractivity contribution >= 4 is 23.3 Å². The molecule has 1 N–H and O–H groups in total. The molecule has 0 radical (unpaired) electrons. The van der Waals surface area contributed by atoms with Crippen molar-refractivity contribution in [2.75, 3.05) is 12.0 Å². The van der Waals surface area contributed by atoms with Crippen molar-refractivity contribution in [2.45, 2.75) is 19.6 Å². The molecule has 1 aliphatic heterocycles. The number of aliphatic hydroxyl groups is 1. The number of aryl methyl sites for hydroxylation is 1. The number of anilines is 1. The Kier molecular flexibility index (Phi) is 6.47. The highest BCUT2D eigenvalue weighted by molar-refractivity contribution is 6.51. The summed E-state index contributed by atoms with van der Waals surface area (Å²) in [5, 5.41) is 15.2. The maximum Gasteiger partial charge on any atom is 0.301 e. The molecule has 2 heterocycles. The number of rotatable bonds is 7. The lowest BCUT2D eigenvalue weighted by Gasteiger charge is -2.23. The maximum atomic E-state index is 13.2. The van der Waals surface area contributed by atoms with Gasteiger partial charge in [-0.3, -0.25) is 14.5 Å². The first-order chi connectivity index (χ1) is 18.0. The lowest BCUT2D eigenvalue weighted by Crippen LogP contribution is -2.29. The van der Waals surface area contributed by atoms with E-state index in [1.165, 1.54) is 12.0 Å². The van der Waals surface area contributed by atoms with Gasteiger partial charge >= 0.3 is 5.91 Å². The predicted octanol–water partition coefficient (Wildman–Crippen LogP) is 5.20. The zero-order chi connectivity index (χ0) is 25.9. The smallest absolute Gasteiger partial charge is 0.301 e. The molecule has 8 heteroatoms. The van der Waals surface area contributed by atoms with Crippen molar-refractivity contribution in [1.82, 2.24) is 5.16 Å². The molecule has 3 aromatic carbocycles. The first-order valence-corrected chi connectivity index (χ1v) is 11.6. The Bertz CT molecular complexity index is 1460. The van der Waals surface area contributed by atoms with Gasteiger partial charge in [0.15, 0.2) is 5.82 Å². The van der Waals surface area contributed by atoms with Crippen LogP contribution < -0.4 is 14.4 Å². The molecule has 0 aliphatic carbocycles. The summed E-state index contributed by atoms with van der Waals surface area (Å²) in [4.78, 5) is 27.6. The Balaban J connectivity index is 1.54. The monoisotopic (exact) mass is 496 g/mol. The summed E-state index contributed by atoms with van der Waals surface area (Å²) in [6, 6.07) is 24.1. The van der Waals surface area contributed by atoms with E-state index in [1.54, 1.807) is 61.5 Å². The van der Waals surface area contributed by atoms with Crippen LogP contribution >= 0.6 is 0 Å². The standard InChI is InChI=1S/C29H24N2O6/c1-18-16-24(30-37-18)31-26(20-8-14-23(15-9-20)36-17-19-6-4-3-5-7-19)25(28(33)29(31)34)27(32)21-10-12-22(35-2)13-11-21/h3-16,26,32H,17H2,1-2H3/t26-/m0/s1. The first-order valence-electron chi connectivity index (χ1n) is 11.6. The van der Waals surface area contributed by atoms with Gasteiger partial charge in [-0.25, -0.2) is 0 Å². The third-order valence-corrected chi connectivity index (χ3v) is 6.11. The number of hydrogen-bond acceptors (Lipinski definition) is 7. The minimum Gasteiger partial charge on any atom is -0.507 e. The lowest BCUT2D eigenvalue weighted by atomic mass is 9.95. The highest BCUT2D eigenvalue weighted by Gasteiger charge is 2.48. The van der Waals surface area contributed by atoms with E-state index < -0.39 is 17.7 Å². The van der Waals surface area contributed by atoms with E-state index in [1.807, 2.05) is 30.3 Å². The van der Waals surface area contributed by atoms with Crippen LogP contribution in [0.15, 0.2) is 95.0 Å². The molecule has 37 heavy (non-hydrogen) atoms. The number of ketones is 1. The van der Waals surface area contributed by atoms with Crippen LogP contribution in [-0.4, -0.2) is 29.1 Å². The van der Waals surface area contributed by atoms with Gasteiger partial charge in [0.05, 0.1) is 18.7 Å². The Labute approximate surface area is 213 Å². The third kappa shape index (κ3) is 4.69. The number of aromatic nitrogens is 1. The van der Waals surface area contributed by atoms with Gasteiger partial charge in [0, 0.05) is 11.6 Å². The molecule has 186 valence electrons. The molecular weight excluding hydrogens is 472 g/mol. The summed E-state index contributed by atoms with van der Waals surface area (Å²) in [7, 11) is 1.54. The maximum absolute atomic E-state index is 13.2. The van der Waals surface area contributed by atoms with Gasteiger partial charge in [0.25, 0.3) is 5.78 Å². The Morgan fingerprint density at radius 2 is 1.65 bits per heavy atom. The van der Waals surface area contributed by atoms with Crippen LogP contribution in [0.4, 0.5) is 5.82 Å². The molecule has 4 aromatic rings. The second-order valence-corrected chi connectivity index (χ2v) is 8.54. The topological polar surface area (TPSA) is 102 Å². The molecule has 0 spiro atoms. The summed E-state index contributed by atoms with van der Waals surface area (Å²) in [6.45, 7) is 2.09. The fourth-order valence-electron chi connectivity index (χ4n) is 4.24. The summed E-state index contributed by atoms with van der Waals surface area (Å²) in [6.07, 6.45) is 0. The SMILES string of the molecule is COc1ccc(C(O)=C2C(=O)C(=O)N(c3cc(C)on3)[C@H]2c2ccc(OCc3ccccc3)cc2)cc1. The molecular formula is C29H24N2O6. The normalized spacial score (nSPS) is 16.7. The van der Waals surface area contributed by atoms with Crippen molar-refractivity contribution < 1.29 is 28.7 Å². The van der Waals surface area contributed by atoms with Gasteiger partial charge in [-0.2, -0.15) is 0 Å². The molecule has 5 rings (SSSR count). The molecule has 1 atom stereocenters. The van der Waals surface area contributed by atoms with Gasteiger partial charge in [-0.15, -0.1) is 0 Å². The number of amides is 1. The van der Waals surface area contributed by atoms with Gasteiger partial charge in [-0.05, 0) is 54.4 Å². The van der Waals surface area contributed by atoms with Crippen molar-refractivity contribution in [3.8, 4) is 11.5 Å². The minimum absolute atomic E-state index is 0.0474. The number of hydrogen-bond donors (Lipinski definition) is 1. The molecule has 1 aliphatic rings. The van der Waals surface area contributed by atoms with Gasteiger partial charge < -0.3 is 19.1 Å². The number of ether oxygens (including phenoxy) is 2. The summed E-state index contributed by atoms with van der Waals surface area (Å²) in [5.74, 6) is -0.0350. The van der Waals surface area contributed by atoms with Crippen LogP contribution in [0.3, 0.4) is 0 Å². The quantitative estimate of drug-likeness (QED) is 0.213. The summed E-state index contributed by atoms with van der Waals surface area (Å²) < 4.78 is 16.2. The number of methoxy groups -OCH3 is 1. The number of Topliss-reactive ketones (excluding diaryl/α,β-unsaturated/α-hetero) is 1. The van der Waals surface area contributed by atoms with Crippen LogP contribution in [-0.2, 0) is 16.2 Å². The summed E-state index contributed by atoms with van der Waals surface area (Å²) in [5.41, 5.74) is 1.96. The second kappa shape index (κ2) is 10.0. The van der Waals surface area contributed by atoms with Crippen molar-refractivity contribution in [2.24, 2.45) is 0 Å².